The van der Waals surface area contributed by atoms with E-state index in [0.717, 1.165) is 12.8 Å². The summed E-state index contributed by atoms with van der Waals surface area (Å²) in [5, 5.41) is 18.0. The summed E-state index contributed by atoms with van der Waals surface area (Å²) in [5.74, 6) is 0. The van der Waals surface area contributed by atoms with Crippen LogP contribution in [0.4, 0.5) is 0 Å². The van der Waals surface area contributed by atoms with Crippen molar-refractivity contribution in [3.63, 3.8) is 0 Å². The molecule has 0 saturated carbocycles. The fourth-order valence-electron chi connectivity index (χ4n) is 1.18. The topological polar surface area (TPSA) is 56.8 Å². The van der Waals surface area contributed by atoms with Crippen LogP contribution in [0.15, 0.2) is 0 Å². The molecule has 0 aromatic heterocycles. The molecule has 0 aromatic carbocycles. The van der Waals surface area contributed by atoms with Gasteiger partial charge in [0, 0.05) is 6.42 Å². The molecule has 4 heteroatoms. The van der Waals surface area contributed by atoms with Crippen LogP contribution in [0.5, 0.6) is 0 Å². The number of rotatable bonds is 5. The first kappa shape index (κ1) is 13.2. The second-order valence-corrected chi connectivity index (χ2v) is 8.80. The maximum Gasteiger partial charge on any atom is 0.232 e. The van der Waals surface area contributed by atoms with E-state index < -0.39 is 13.9 Å². The average molecular weight is 210 g/mol. The molecule has 0 heterocycles. The van der Waals surface area contributed by atoms with E-state index >= 15 is 0 Å². The van der Waals surface area contributed by atoms with E-state index in [0.29, 0.717) is 6.42 Å². The van der Waals surface area contributed by atoms with Crippen molar-refractivity contribution in [2.24, 2.45) is 0 Å². The number of nitriles is 2. The van der Waals surface area contributed by atoms with Gasteiger partial charge < -0.3 is 4.43 Å². The van der Waals surface area contributed by atoms with E-state index in [-0.39, 0.29) is 0 Å². The van der Waals surface area contributed by atoms with Gasteiger partial charge in [0.25, 0.3) is 0 Å². The molecule has 0 aromatic rings. The minimum absolute atomic E-state index is 0.515. The van der Waals surface area contributed by atoms with Crippen molar-refractivity contribution < 1.29 is 4.43 Å². The van der Waals surface area contributed by atoms with Crippen molar-refractivity contribution in [1.82, 2.24) is 0 Å². The smallest absolute Gasteiger partial charge is 0.232 e. The van der Waals surface area contributed by atoms with E-state index in [1.807, 2.05) is 38.7 Å². The first-order valence-electron chi connectivity index (χ1n) is 4.92. The number of unbranched alkanes of at least 4 members (excludes halogenated alkanes) is 1. The SMILES string of the molecule is CCCCC(C#N)(C#N)O[Si](C)(C)C. The summed E-state index contributed by atoms with van der Waals surface area (Å²) >= 11 is 0. The van der Waals surface area contributed by atoms with Crippen LogP contribution in [0.3, 0.4) is 0 Å². The summed E-state index contributed by atoms with van der Waals surface area (Å²) in [6.07, 6.45) is 2.34. The molecule has 0 radical (unpaired) electrons. The van der Waals surface area contributed by atoms with Crippen LogP contribution >= 0.6 is 0 Å². The van der Waals surface area contributed by atoms with Crippen LogP contribution < -0.4 is 0 Å². The van der Waals surface area contributed by atoms with Gasteiger partial charge in [-0.05, 0) is 26.1 Å². The molecule has 0 saturated heterocycles. The molecule has 78 valence electrons. The maximum absolute atomic E-state index is 8.99. The predicted octanol–water partition coefficient (Wildman–Crippen LogP) is 2.81. The van der Waals surface area contributed by atoms with Gasteiger partial charge in [-0.15, -0.1) is 0 Å². The molecule has 0 rings (SSSR count). The lowest BCUT2D eigenvalue weighted by molar-refractivity contribution is 0.164. The summed E-state index contributed by atoms with van der Waals surface area (Å²) in [6.45, 7) is 8.00. The molecule has 0 unspecified atom stereocenters. The lowest BCUT2D eigenvalue weighted by atomic mass is 10.0. The zero-order valence-corrected chi connectivity index (χ0v) is 10.4. The third-order valence-corrected chi connectivity index (χ3v) is 2.68. The first-order chi connectivity index (χ1) is 6.39. The minimum atomic E-state index is -1.83. The third kappa shape index (κ3) is 4.41. The quantitative estimate of drug-likeness (QED) is 0.656. The van der Waals surface area contributed by atoms with Gasteiger partial charge in [-0.1, -0.05) is 13.3 Å². The molecule has 0 aliphatic heterocycles. The van der Waals surface area contributed by atoms with Gasteiger partial charge in [-0.3, -0.25) is 0 Å². The summed E-state index contributed by atoms with van der Waals surface area (Å²) in [4.78, 5) is 0. The second kappa shape index (κ2) is 5.14. The minimum Gasteiger partial charge on any atom is -0.389 e. The van der Waals surface area contributed by atoms with Crippen LogP contribution in [0.2, 0.25) is 19.6 Å². The van der Waals surface area contributed by atoms with Gasteiger partial charge in [0.15, 0.2) is 8.32 Å². The molecule has 14 heavy (non-hydrogen) atoms. The molecule has 0 spiro atoms. The lowest BCUT2D eigenvalue weighted by Crippen LogP contribution is -2.40. The van der Waals surface area contributed by atoms with Gasteiger partial charge >= 0.3 is 0 Å². The molecule has 0 atom stereocenters. The molecule has 0 fully saturated rings. The zero-order chi connectivity index (χ0) is 11.2. The summed E-state index contributed by atoms with van der Waals surface area (Å²) in [5.41, 5.74) is -1.21. The molecule has 3 nitrogen and oxygen atoms in total. The largest absolute Gasteiger partial charge is 0.389 e. The Morgan fingerprint density at radius 1 is 1.21 bits per heavy atom. The maximum atomic E-state index is 8.99. The van der Waals surface area contributed by atoms with E-state index in [9.17, 15) is 0 Å². The van der Waals surface area contributed by atoms with Crippen molar-refractivity contribution in [3.8, 4) is 12.1 Å². The van der Waals surface area contributed by atoms with Crippen molar-refractivity contribution in [3.05, 3.63) is 0 Å². The van der Waals surface area contributed by atoms with E-state index in [1.54, 1.807) is 0 Å². The van der Waals surface area contributed by atoms with Gasteiger partial charge in [-0.25, -0.2) is 0 Å². The second-order valence-electron chi connectivity index (χ2n) is 4.37. The molecule has 0 aliphatic rings. The lowest BCUT2D eigenvalue weighted by Gasteiger charge is -2.27. The highest BCUT2D eigenvalue weighted by Gasteiger charge is 2.35. The zero-order valence-electron chi connectivity index (χ0n) is 9.42. The van der Waals surface area contributed by atoms with Crippen LogP contribution in [0.25, 0.3) is 0 Å². The Bertz CT molecular complexity index is 243. The van der Waals surface area contributed by atoms with Crippen molar-refractivity contribution in [2.75, 3.05) is 0 Å². The highest BCUT2D eigenvalue weighted by Crippen LogP contribution is 2.22. The molecule has 0 N–H and O–H groups in total. The summed E-state index contributed by atoms with van der Waals surface area (Å²) < 4.78 is 5.64. The monoisotopic (exact) mass is 210 g/mol. The van der Waals surface area contributed by atoms with E-state index in [1.165, 1.54) is 0 Å². The Balaban J connectivity index is 4.58. The van der Waals surface area contributed by atoms with Gasteiger partial charge in [0.2, 0.25) is 5.60 Å². The summed E-state index contributed by atoms with van der Waals surface area (Å²) in [7, 11) is -1.83. The van der Waals surface area contributed by atoms with Crippen molar-refractivity contribution in [2.45, 2.75) is 51.4 Å². The molecule has 0 bridgehead atoms. The Hall–Kier alpha value is -0.843. The normalized spacial score (nSPS) is 11.9. The number of nitrogens with zero attached hydrogens (tertiary/aromatic N) is 2. The predicted molar refractivity (Wildman–Crippen MR) is 57.9 cm³/mol. The van der Waals surface area contributed by atoms with Gasteiger partial charge in [0.1, 0.15) is 12.1 Å². The van der Waals surface area contributed by atoms with Crippen LogP contribution in [0.1, 0.15) is 26.2 Å². The van der Waals surface area contributed by atoms with Crippen LogP contribution in [-0.2, 0) is 4.43 Å². The van der Waals surface area contributed by atoms with Crippen molar-refractivity contribution in [1.29, 1.82) is 10.5 Å². The molecular formula is C10H18N2OSi. The fraction of sp³-hybridized carbons (Fsp3) is 0.800. The first-order valence-corrected chi connectivity index (χ1v) is 8.32. The van der Waals surface area contributed by atoms with Gasteiger partial charge in [0.05, 0.1) is 0 Å². The van der Waals surface area contributed by atoms with Crippen molar-refractivity contribution >= 4 is 8.32 Å². The highest BCUT2D eigenvalue weighted by atomic mass is 28.4. The standard InChI is InChI=1S/C10H18N2OSi/c1-5-6-7-10(8-11,9-12)13-14(2,3)4/h5-7H2,1-4H3. The molecular weight excluding hydrogens is 192 g/mol. The Labute approximate surface area is 87.4 Å². The van der Waals surface area contributed by atoms with E-state index in [4.69, 9.17) is 14.9 Å². The van der Waals surface area contributed by atoms with E-state index in [2.05, 4.69) is 0 Å². The van der Waals surface area contributed by atoms with Crippen LogP contribution in [0, 0.1) is 22.7 Å². The Morgan fingerprint density at radius 3 is 2.00 bits per heavy atom. The average Bonchev–Trinajstić information content (AvgIpc) is 2.10. The highest BCUT2D eigenvalue weighted by molar-refractivity contribution is 6.69. The summed E-state index contributed by atoms with van der Waals surface area (Å²) in [6, 6.07) is 4.02. The Kier molecular flexibility index (Phi) is 4.83. The Morgan fingerprint density at radius 2 is 1.71 bits per heavy atom. The van der Waals surface area contributed by atoms with Crippen LogP contribution in [-0.4, -0.2) is 13.9 Å². The number of hydrogen-bond donors (Lipinski definition) is 0. The van der Waals surface area contributed by atoms with Gasteiger partial charge in [-0.2, -0.15) is 10.5 Å². The fourth-order valence-corrected chi connectivity index (χ4v) is 2.42. The number of hydrogen-bond acceptors (Lipinski definition) is 3. The molecule has 0 aliphatic carbocycles. The molecule has 0 amide bonds. The third-order valence-electron chi connectivity index (χ3n) is 1.72.